The molecule has 0 unspecified atom stereocenters. The standard InChI is InChI=1S/C12H15NO3S/c1-2-10(11(14)17)13-12(15)16-8-9-6-4-3-5-7-9/h3-7,10H,2,8H2,1H3,(H,13,15)(H,14,17)/t10-/m0/s1. The average molecular weight is 253 g/mol. The normalized spacial score (nSPS) is 11.6. The first-order chi connectivity index (χ1) is 8.13. The second-order valence-corrected chi connectivity index (χ2v) is 3.92. The van der Waals surface area contributed by atoms with Crippen LogP contribution in [0.25, 0.3) is 0 Å². The summed E-state index contributed by atoms with van der Waals surface area (Å²) in [6.45, 7) is 2.01. The van der Waals surface area contributed by atoms with Crippen LogP contribution in [-0.2, 0) is 11.3 Å². The van der Waals surface area contributed by atoms with Crippen molar-refractivity contribution in [3.8, 4) is 0 Å². The van der Waals surface area contributed by atoms with Crippen molar-refractivity contribution < 1.29 is 14.6 Å². The fraction of sp³-hybridized carbons (Fsp3) is 0.333. The predicted octanol–water partition coefficient (Wildman–Crippen LogP) is 2.58. The number of carbonyl (C=O) groups excluding carboxylic acids is 1. The molecule has 0 aliphatic heterocycles. The summed E-state index contributed by atoms with van der Waals surface area (Å²) in [4.78, 5) is 11.4. The zero-order valence-electron chi connectivity index (χ0n) is 9.55. The van der Waals surface area contributed by atoms with E-state index in [0.717, 1.165) is 5.56 Å². The highest BCUT2D eigenvalue weighted by atomic mass is 32.1. The summed E-state index contributed by atoms with van der Waals surface area (Å²) in [5.41, 5.74) is 0.905. The van der Waals surface area contributed by atoms with Gasteiger partial charge in [-0.2, -0.15) is 0 Å². The van der Waals surface area contributed by atoms with Gasteiger partial charge in [0.2, 0.25) is 0 Å². The molecule has 0 aliphatic rings. The van der Waals surface area contributed by atoms with Gasteiger partial charge in [-0.1, -0.05) is 37.3 Å². The monoisotopic (exact) mass is 253 g/mol. The molecule has 0 saturated heterocycles. The Morgan fingerprint density at radius 3 is 2.65 bits per heavy atom. The highest BCUT2D eigenvalue weighted by Crippen LogP contribution is 2.01. The van der Waals surface area contributed by atoms with E-state index >= 15 is 0 Å². The fourth-order valence-corrected chi connectivity index (χ4v) is 1.47. The second kappa shape index (κ2) is 6.85. The number of aliphatic hydroxyl groups excluding tert-OH is 1. The molecule has 1 rings (SSSR count). The third kappa shape index (κ3) is 4.82. The Bertz CT molecular complexity index is 381. The molecule has 0 fully saturated rings. The van der Waals surface area contributed by atoms with Crippen LogP contribution in [0.5, 0.6) is 0 Å². The Kier molecular flexibility index (Phi) is 5.42. The van der Waals surface area contributed by atoms with Crippen molar-refractivity contribution in [2.75, 3.05) is 0 Å². The number of thiocarbonyl (C=S) groups is 1. The molecule has 0 saturated carbocycles. The maximum absolute atomic E-state index is 11.4. The van der Waals surface area contributed by atoms with Gasteiger partial charge in [0.05, 0.1) is 0 Å². The zero-order valence-corrected chi connectivity index (χ0v) is 10.4. The van der Waals surface area contributed by atoms with E-state index in [1.807, 2.05) is 37.3 Å². The molecule has 1 aromatic carbocycles. The number of rotatable bonds is 5. The van der Waals surface area contributed by atoms with Crippen molar-refractivity contribution in [3.63, 3.8) is 0 Å². The van der Waals surface area contributed by atoms with Crippen LogP contribution in [0.3, 0.4) is 0 Å². The molecule has 0 heterocycles. The molecule has 5 heteroatoms. The minimum atomic E-state index is -0.586. The topological polar surface area (TPSA) is 58.6 Å². The van der Waals surface area contributed by atoms with Crippen LogP contribution in [-0.4, -0.2) is 22.3 Å². The Labute approximate surface area is 106 Å². The second-order valence-electron chi connectivity index (χ2n) is 3.51. The Morgan fingerprint density at radius 2 is 2.12 bits per heavy atom. The van der Waals surface area contributed by atoms with Crippen molar-refractivity contribution in [3.05, 3.63) is 35.9 Å². The molecule has 1 aromatic rings. The summed E-state index contributed by atoms with van der Waals surface area (Å²) in [5, 5.41) is 11.4. The van der Waals surface area contributed by atoms with Gasteiger partial charge in [0, 0.05) is 0 Å². The molecule has 1 amide bonds. The van der Waals surface area contributed by atoms with Crippen molar-refractivity contribution >= 4 is 23.4 Å². The van der Waals surface area contributed by atoms with Crippen LogP contribution in [0.15, 0.2) is 30.3 Å². The summed E-state index contributed by atoms with van der Waals surface area (Å²) in [7, 11) is 0. The third-order valence-corrected chi connectivity index (χ3v) is 2.50. The van der Waals surface area contributed by atoms with Crippen molar-refractivity contribution in [2.45, 2.75) is 26.0 Å². The molecular formula is C12H15NO3S. The van der Waals surface area contributed by atoms with Crippen molar-refractivity contribution in [2.24, 2.45) is 0 Å². The Morgan fingerprint density at radius 1 is 1.47 bits per heavy atom. The average Bonchev–Trinajstić information content (AvgIpc) is 2.34. The molecule has 17 heavy (non-hydrogen) atoms. The van der Waals surface area contributed by atoms with Gasteiger partial charge in [-0.3, -0.25) is 0 Å². The molecule has 4 nitrogen and oxygen atoms in total. The number of amides is 1. The first-order valence-corrected chi connectivity index (χ1v) is 5.74. The number of benzene rings is 1. The SMILES string of the molecule is CC[C@H](NC(=O)OCc1ccccc1)C(O)=S. The summed E-state index contributed by atoms with van der Waals surface area (Å²) in [6, 6.07) is 8.82. The molecule has 2 N–H and O–H groups in total. The van der Waals surface area contributed by atoms with E-state index in [-0.39, 0.29) is 11.7 Å². The fourth-order valence-electron chi connectivity index (χ4n) is 1.25. The molecule has 0 aliphatic carbocycles. The highest BCUT2D eigenvalue weighted by molar-refractivity contribution is 7.80. The molecule has 1 atom stereocenters. The maximum Gasteiger partial charge on any atom is 0.408 e. The number of ether oxygens (including phenoxy) is 1. The molecule has 0 bridgehead atoms. The smallest absolute Gasteiger partial charge is 0.408 e. The van der Waals surface area contributed by atoms with E-state index in [4.69, 9.17) is 9.84 Å². The molecule has 92 valence electrons. The number of alkyl carbamates (subject to hydrolysis) is 1. The van der Waals surface area contributed by atoms with E-state index in [1.165, 1.54) is 0 Å². The van der Waals surface area contributed by atoms with Crippen LogP contribution in [0.4, 0.5) is 4.79 Å². The van der Waals surface area contributed by atoms with Gasteiger partial charge in [0.25, 0.3) is 0 Å². The first kappa shape index (κ1) is 13.4. The number of aliphatic hydroxyl groups is 1. The van der Waals surface area contributed by atoms with Crippen LogP contribution in [0.2, 0.25) is 0 Å². The summed E-state index contributed by atoms with van der Waals surface area (Å²) < 4.78 is 4.99. The van der Waals surface area contributed by atoms with Gasteiger partial charge in [-0.05, 0) is 24.2 Å². The number of nitrogens with one attached hydrogen (secondary N) is 1. The lowest BCUT2D eigenvalue weighted by molar-refractivity contribution is 0.137. The Balaban J connectivity index is 2.37. The van der Waals surface area contributed by atoms with E-state index < -0.39 is 12.1 Å². The minimum Gasteiger partial charge on any atom is -0.500 e. The first-order valence-electron chi connectivity index (χ1n) is 5.33. The van der Waals surface area contributed by atoms with E-state index in [0.29, 0.717) is 6.42 Å². The van der Waals surface area contributed by atoms with Gasteiger partial charge >= 0.3 is 6.09 Å². The van der Waals surface area contributed by atoms with Crippen molar-refractivity contribution in [1.82, 2.24) is 5.32 Å². The quantitative estimate of drug-likeness (QED) is 0.792. The van der Waals surface area contributed by atoms with Crippen LogP contribution < -0.4 is 5.32 Å². The van der Waals surface area contributed by atoms with Gasteiger partial charge in [-0.25, -0.2) is 4.79 Å². The highest BCUT2D eigenvalue weighted by Gasteiger charge is 2.14. The third-order valence-electron chi connectivity index (χ3n) is 2.21. The molecular weight excluding hydrogens is 238 g/mol. The minimum absolute atomic E-state index is 0.196. The van der Waals surface area contributed by atoms with Crippen molar-refractivity contribution in [1.29, 1.82) is 0 Å². The lowest BCUT2D eigenvalue weighted by Gasteiger charge is -2.14. The molecule has 0 aromatic heterocycles. The zero-order chi connectivity index (χ0) is 12.7. The lowest BCUT2D eigenvalue weighted by Crippen LogP contribution is -2.39. The van der Waals surface area contributed by atoms with Crippen LogP contribution in [0.1, 0.15) is 18.9 Å². The number of hydrogen-bond donors (Lipinski definition) is 2. The Hall–Kier alpha value is -1.62. The van der Waals surface area contributed by atoms with E-state index in [2.05, 4.69) is 17.5 Å². The lowest BCUT2D eigenvalue weighted by atomic mass is 10.2. The number of carbonyl (C=O) groups is 1. The predicted molar refractivity (Wildman–Crippen MR) is 69.1 cm³/mol. The van der Waals surface area contributed by atoms with E-state index in [1.54, 1.807) is 0 Å². The molecule has 0 spiro atoms. The van der Waals surface area contributed by atoms with Crippen LogP contribution in [0, 0.1) is 0 Å². The molecule has 0 radical (unpaired) electrons. The van der Waals surface area contributed by atoms with Gasteiger partial charge in [-0.15, -0.1) is 0 Å². The summed E-state index contributed by atoms with van der Waals surface area (Å²) >= 11 is 4.60. The summed E-state index contributed by atoms with van der Waals surface area (Å²) in [5.74, 6) is 0. The summed E-state index contributed by atoms with van der Waals surface area (Å²) in [6.07, 6.45) is -0.0624. The van der Waals surface area contributed by atoms with Gasteiger partial charge < -0.3 is 15.2 Å². The maximum atomic E-state index is 11.4. The largest absolute Gasteiger partial charge is 0.500 e. The van der Waals surface area contributed by atoms with Crippen LogP contribution >= 0.6 is 12.2 Å². The van der Waals surface area contributed by atoms with E-state index in [9.17, 15) is 4.79 Å². The van der Waals surface area contributed by atoms with Gasteiger partial charge in [0.15, 0.2) is 5.05 Å². The number of hydrogen-bond acceptors (Lipinski definition) is 3. The van der Waals surface area contributed by atoms with Gasteiger partial charge in [0.1, 0.15) is 12.6 Å².